The summed E-state index contributed by atoms with van der Waals surface area (Å²) in [6, 6.07) is 12.8. The summed E-state index contributed by atoms with van der Waals surface area (Å²) in [5, 5.41) is 2.78. The lowest BCUT2D eigenvalue weighted by atomic mass is 10.2. The normalized spacial score (nSPS) is 13.0. The van der Waals surface area contributed by atoms with E-state index in [0.717, 1.165) is 10.6 Å². The van der Waals surface area contributed by atoms with Crippen LogP contribution in [-0.4, -0.2) is 38.3 Å². The smallest absolute Gasteiger partial charge is 0.244 e. The van der Waals surface area contributed by atoms with Crippen molar-refractivity contribution >= 4 is 35.0 Å². The molecule has 0 aromatic heterocycles. The van der Waals surface area contributed by atoms with Crippen molar-refractivity contribution in [3.05, 3.63) is 42.5 Å². The van der Waals surface area contributed by atoms with E-state index in [0.29, 0.717) is 17.2 Å². The van der Waals surface area contributed by atoms with Gasteiger partial charge in [0, 0.05) is 4.90 Å². The molecule has 0 radical (unpaired) electrons. The zero-order valence-corrected chi connectivity index (χ0v) is 14.8. The van der Waals surface area contributed by atoms with E-state index in [1.807, 2.05) is 30.3 Å². The zero-order valence-electron chi connectivity index (χ0n) is 13.9. The summed E-state index contributed by atoms with van der Waals surface area (Å²) >= 11 is 1.39. The Balaban J connectivity index is 1.72. The van der Waals surface area contributed by atoms with E-state index in [9.17, 15) is 9.59 Å². The van der Waals surface area contributed by atoms with Gasteiger partial charge in [-0.05, 0) is 30.3 Å². The van der Waals surface area contributed by atoms with Crippen molar-refractivity contribution in [3.63, 3.8) is 0 Å². The third-order valence-electron chi connectivity index (χ3n) is 3.79. The van der Waals surface area contributed by atoms with Gasteiger partial charge in [-0.3, -0.25) is 9.59 Å². The number of carbonyl (C=O) groups excluding carboxylic acids is 2. The van der Waals surface area contributed by atoms with Crippen molar-refractivity contribution in [2.45, 2.75) is 4.90 Å². The molecule has 0 atom stereocenters. The molecule has 0 aliphatic carbocycles. The molecule has 0 saturated carbocycles. The first kappa shape index (κ1) is 17.2. The van der Waals surface area contributed by atoms with E-state index in [-0.39, 0.29) is 24.1 Å². The van der Waals surface area contributed by atoms with Gasteiger partial charge in [0.25, 0.3) is 0 Å². The predicted molar refractivity (Wildman–Crippen MR) is 97.7 cm³/mol. The average molecular weight is 358 g/mol. The van der Waals surface area contributed by atoms with Gasteiger partial charge in [-0.1, -0.05) is 12.1 Å². The van der Waals surface area contributed by atoms with E-state index in [1.165, 1.54) is 16.7 Å². The molecular formula is C18H18N2O4S. The molecule has 0 unspecified atom stereocenters. The maximum Gasteiger partial charge on any atom is 0.244 e. The number of thioether (sulfide) groups is 1. The van der Waals surface area contributed by atoms with Gasteiger partial charge in [-0.15, -0.1) is 11.8 Å². The summed E-state index contributed by atoms with van der Waals surface area (Å²) in [7, 11) is 3.15. The number of anilines is 2. The maximum atomic E-state index is 12.6. The summed E-state index contributed by atoms with van der Waals surface area (Å²) in [6.07, 6.45) is 0. The van der Waals surface area contributed by atoms with Crippen molar-refractivity contribution < 1.29 is 19.1 Å². The Kier molecular flexibility index (Phi) is 5.14. The highest BCUT2D eigenvalue weighted by atomic mass is 32.2. The molecule has 0 spiro atoms. The van der Waals surface area contributed by atoms with Crippen LogP contribution in [0, 0.1) is 0 Å². The number of para-hydroxylation sites is 2. The van der Waals surface area contributed by atoms with Gasteiger partial charge in [-0.2, -0.15) is 0 Å². The summed E-state index contributed by atoms with van der Waals surface area (Å²) < 4.78 is 10.5. The van der Waals surface area contributed by atoms with E-state index < -0.39 is 0 Å². The average Bonchev–Trinajstić information content (AvgIpc) is 2.65. The predicted octanol–water partition coefficient (Wildman–Crippen LogP) is 2.78. The third-order valence-corrected chi connectivity index (χ3v) is 4.77. The first-order valence-corrected chi connectivity index (χ1v) is 8.65. The Morgan fingerprint density at radius 3 is 2.68 bits per heavy atom. The number of ether oxygens (including phenoxy) is 2. The number of hydrogen-bond acceptors (Lipinski definition) is 5. The van der Waals surface area contributed by atoms with Crippen LogP contribution in [-0.2, 0) is 9.59 Å². The summed E-state index contributed by atoms with van der Waals surface area (Å²) in [5.41, 5.74) is 1.38. The fourth-order valence-corrected chi connectivity index (χ4v) is 3.39. The van der Waals surface area contributed by atoms with Crippen molar-refractivity contribution in [3.8, 4) is 11.5 Å². The molecule has 130 valence electrons. The fourth-order valence-electron chi connectivity index (χ4n) is 2.59. The van der Waals surface area contributed by atoms with Gasteiger partial charge in [0.15, 0.2) is 11.5 Å². The Labute approximate surface area is 150 Å². The molecule has 7 heteroatoms. The molecule has 1 aliphatic heterocycles. The van der Waals surface area contributed by atoms with Crippen molar-refractivity contribution in [1.29, 1.82) is 0 Å². The standard InChI is InChI=1S/C18H18N2O4S/c1-23-15-8-7-12(9-16(15)24-2)25-11-18(22)20-10-17(21)19-13-5-3-4-6-14(13)20/h3-9H,10-11H2,1-2H3,(H,19,21). The number of methoxy groups -OCH3 is 2. The van der Waals surface area contributed by atoms with Crippen molar-refractivity contribution in [2.75, 3.05) is 36.7 Å². The van der Waals surface area contributed by atoms with Crippen LogP contribution in [0.1, 0.15) is 0 Å². The van der Waals surface area contributed by atoms with Crippen LogP contribution in [0.2, 0.25) is 0 Å². The lowest BCUT2D eigenvalue weighted by Crippen LogP contribution is -2.43. The molecule has 2 amide bonds. The van der Waals surface area contributed by atoms with Gasteiger partial charge in [0.2, 0.25) is 11.8 Å². The number of amides is 2. The zero-order chi connectivity index (χ0) is 17.8. The summed E-state index contributed by atoms with van der Waals surface area (Å²) in [6.45, 7) is 0.0301. The molecule has 6 nitrogen and oxygen atoms in total. The van der Waals surface area contributed by atoms with Crippen LogP contribution in [0.15, 0.2) is 47.4 Å². The second kappa shape index (κ2) is 7.48. The lowest BCUT2D eigenvalue weighted by Gasteiger charge is -2.29. The largest absolute Gasteiger partial charge is 0.493 e. The summed E-state index contributed by atoms with van der Waals surface area (Å²) in [5.74, 6) is 1.16. The Hall–Kier alpha value is -2.67. The maximum absolute atomic E-state index is 12.6. The van der Waals surface area contributed by atoms with Crippen molar-refractivity contribution in [2.24, 2.45) is 0 Å². The topological polar surface area (TPSA) is 67.9 Å². The number of fused-ring (bicyclic) bond motifs is 1. The number of carbonyl (C=O) groups is 2. The molecule has 25 heavy (non-hydrogen) atoms. The number of benzene rings is 2. The summed E-state index contributed by atoms with van der Waals surface area (Å²) in [4.78, 5) is 26.9. The van der Waals surface area contributed by atoms with Crippen molar-refractivity contribution in [1.82, 2.24) is 0 Å². The Bertz CT molecular complexity index is 809. The van der Waals surface area contributed by atoms with Gasteiger partial charge >= 0.3 is 0 Å². The monoisotopic (exact) mass is 358 g/mol. The minimum atomic E-state index is -0.192. The highest BCUT2D eigenvalue weighted by molar-refractivity contribution is 8.00. The highest BCUT2D eigenvalue weighted by Crippen LogP contribution is 2.33. The van der Waals surface area contributed by atoms with Crippen LogP contribution in [0.5, 0.6) is 11.5 Å². The molecule has 2 aromatic rings. The van der Waals surface area contributed by atoms with E-state index in [2.05, 4.69) is 5.32 Å². The third kappa shape index (κ3) is 3.71. The van der Waals surface area contributed by atoms with E-state index in [4.69, 9.17) is 9.47 Å². The number of nitrogens with one attached hydrogen (secondary N) is 1. The molecule has 2 aromatic carbocycles. The number of nitrogens with zero attached hydrogens (tertiary/aromatic N) is 1. The minimum absolute atomic E-state index is 0.0301. The molecule has 1 N–H and O–H groups in total. The second-order valence-corrected chi connectivity index (χ2v) is 6.40. The second-order valence-electron chi connectivity index (χ2n) is 5.35. The molecule has 0 saturated heterocycles. The molecule has 0 bridgehead atoms. The van der Waals surface area contributed by atoms with Crippen LogP contribution in [0.4, 0.5) is 11.4 Å². The fraction of sp³-hybridized carbons (Fsp3) is 0.222. The van der Waals surface area contributed by atoms with Crippen LogP contribution >= 0.6 is 11.8 Å². The lowest BCUT2D eigenvalue weighted by molar-refractivity contribution is -0.120. The Morgan fingerprint density at radius 1 is 1.16 bits per heavy atom. The number of hydrogen-bond donors (Lipinski definition) is 1. The van der Waals surface area contributed by atoms with Gasteiger partial charge in [-0.25, -0.2) is 0 Å². The quantitative estimate of drug-likeness (QED) is 0.833. The van der Waals surface area contributed by atoms with Crippen LogP contribution in [0.3, 0.4) is 0 Å². The molecule has 1 aliphatic rings. The first-order chi connectivity index (χ1) is 12.1. The molecule has 3 rings (SSSR count). The minimum Gasteiger partial charge on any atom is -0.493 e. The Morgan fingerprint density at radius 2 is 1.92 bits per heavy atom. The molecular weight excluding hydrogens is 340 g/mol. The number of rotatable bonds is 5. The van der Waals surface area contributed by atoms with Crippen LogP contribution < -0.4 is 19.7 Å². The first-order valence-electron chi connectivity index (χ1n) is 7.66. The highest BCUT2D eigenvalue weighted by Gasteiger charge is 2.26. The molecule has 0 fully saturated rings. The van der Waals surface area contributed by atoms with Crippen LogP contribution in [0.25, 0.3) is 0 Å². The van der Waals surface area contributed by atoms with E-state index in [1.54, 1.807) is 26.4 Å². The van der Waals surface area contributed by atoms with Gasteiger partial charge in [0.1, 0.15) is 6.54 Å². The van der Waals surface area contributed by atoms with Gasteiger partial charge in [0.05, 0.1) is 31.3 Å². The van der Waals surface area contributed by atoms with Gasteiger partial charge < -0.3 is 19.7 Å². The van der Waals surface area contributed by atoms with E-state index >= 15 is 0 Å². The molecule has 1 heterocycles. The SMILES string of the molecule is COc1ccc(SCC(=O)N2CC(=O)Nc3ccccc32)cc1OC.